The second-order valence-electron chi connectivity index (χ2n) is 8.85. The zero-order chi connectivity index (χ0) is 21.5. The Bertz CT molecular complexity index is 966. The zero-order valence-corrected chi connectivity index (χ0v) is 16.5. The van der Waals surface area contributed by atoms with Crippen LogP contribution in [0.15, 0.2) is 30.4 Å². The van der Waals surface area contributed by atoms with E-state index in [0.717, 1.165) is 11.3 Å². The topological polar surface area (TPSA) is 57.7 Å². The fraction of sp³-hybridized carbons (Fsp3) is 0.500. The normalized spacial score (nSPS) is 33.6. The standard InChI is InChI=1S/C22H21F3N2O3/c1-10-4-3-5-16(11(10)2)26(21(30)22(23,24)25)9-27-19(28)17-12-6-7-13(15-8-14(12)15)18(17)20(27)29/h3-7,12-15,17-18H,8-9H2,1-2H3/t12-,13-,14-,15-,17-,18+/m0/s1. The summed E-state index contributed by atoms with van der Waals surface area (Å²) in [5.41, 5.74) is 1.26. The van der Waals surface area contributed by atoms with Crippen LogP contribution in [0, 0.1) is 49.4 Å². The first-order chi connectivity index (χ1) is 14.1. The molecule has 30 heavy (non-hydrogen) atoms. The molecule has 2 bridgehead atoms. The SMILES string of the molecule is Cc1cccc(N(CN2C(=O)[C@@H]3[C@H]4C=C[C@@H]([C@@H]5C[C@@H]45)[C@@H]3C2=O)C(=O)C(F)(F)F)c1C. The summed E-state index contributed by atoms with van der Waals surface area (Å²) in [5.74, 6) is -3.31. The van der Waals surface area contributed by atoms with Crippen LogP contribution < -0.4 is 4.90 Å². The summed E-state index contributed by atoms with van der Waals surface area (Å²) in [6, 6.07) is 4.69. The molecule has 1 heterocycles. The zero-order valence-electron chi connectivity index (χ0n) is 16.5. The van der Waals surface area contributed by atoms with Crippen LogP contribution in [0.25, 0.3) is 0 Å². The smallest absolute Gasteiger partial charge is 0.286 e. The van der Waals surface area contributed by atoms with Gasteiger partial charge in [0.05, 0.1) is 11.8 Å². The number of amides is 3. The number of allylic oxidation sites excluding steroid dienone is 2. The van der Waals surface area contributed by atoms with Gasteiger partial charge in [-0.15, -0.1) is 0 Å². The maximum atomic E-state index is 13.4. The lowest BCUT2D eigenvalue weighted by Crippen LogP contribution is -2.49. The van der Waals surface area contributed by atoms with E-state index in [-0.39, 0.29) is 17.5 Å². The van der Waals surface area contributed by atoms with Gasteiger partial charge in [0.2, 0.25) is 11.8 Å². The molecule has 158 valence electrons. The average Bonchev–Trinajstić information content (AvgIpc) is 3.47. The van der Waals surface area contributed by atoms with Crippen molar-refractivity contribution < 1.29 is 27.6 Å². The van der Waals surface area contributed by atoms with Crippen molar-refractivity contribution >= 4 is 23.4 Å². The predicted octanol–water partition coefficient (Wildman–Crippen LogP) is 3.21. The highest BCUT2D eigenvalue weighted by molar-refractivity contribution is 6.07. The van der Waals surface area contributed by atoms with E-state index in [9.17, 15) is 27.6 Å². The molecule has 4 aliphatic carbocycles. The van der Waals surface area contributed by atoms with Crippen molar-refractivity contribution in [2.24, 2.45) is 35.5 Å². The van der Waals surface area contributed by atoms with Gasteiger partial charge in [-0.05, 0) is 61.1 Å². The van der Waals surface area contributed by atoms with Gasteiger partial charge in [0.25, 0.3) is 0 Å². The minimum absolute atomic E-state index is 0.0288. The van der Waals surface area contributed by atoms with E-state index >= 15 is 0 Å². The van der Waals surface area contributed by atoms with Crippen LogP contribution in [0.4, 0.5) is 18.9 Å². The van der Waals surface area contributed by atoms with Crippen LogP contribution in [-0.4, -0.2) is 35.5 Å². The van der Waals surface area contributed by atoms with Crippen molar-refractivity contribution in [3.8, 4) is 0 Å². The summed E-state index contributed by atoms with van der Waals surface area (Å²) >= 11 is 0. The monoisotopic (exact) mass is 418 g/mol. The first-order valence-electron chi connectivity index (χ1n) is 10.1. The van der Waals surface area contributed by atoms with E-state index in [1.165, 1.54) is 6.07 Å². The number of alkyl halides is 3. The van der Waals surface area contributed by atoms with Crippen LogP contribution in [0.5, 0.6) is 0 Å². The summed E-state index contributed by atoms with van der Waals surface area (Å²) in [7, 11) is 0. The molecule has 2 saturated carbocycles. The van der Waals surface area contributed by atoms with Gasteiger partial charge in [0.1, 0.15) is 6.67 Å². The van der Waals surface area contributed by atoms with Crippen LogP contribution in [0.1, 0.15) is 17.5 Å². The Kier molecular flexibility index (Phi) is 3.98. The number of halogens is 3. The number of rotatable bonds is 3. The van der Waals surface area contributed by atoms with Crippen LogP contribution in [0.3, 0.4) is 0 Å². The number of imide groups is 1. The second kappa shape index (κ2) is 6.18. The van der Waals surface area contributed by atoms with Crippen LogP contribution >= 0.6 is 0 Å². The van der Waals surface area contributed by atoms with Crippen molar-refractivity contribution in [2.45, 2.75) is 26.4 Å². The Labute approximate surface area is 171 Å². The number of aryl methyl sites for hydroxylation is 1. The maximum Gasteiger partial charge on any atom is 0.471 e. The molecule has 8 heteroatoms. The lowest BCUT2D eigenvalue weighted by Gasteiger charge is -2.37. The van der Waals surface area contributed by atoms with Crippen molar-refractivity contribution in [3.63, 3.8) is 0 Å². The largest absolute Gasteiger partial charge is 0.471 e. The molecule has 0 radical (unpaired) electrons. The molecule has 6 atom stereocenters. The minimum Gasteiger partial charge on any atom is -0.286 e. The Balaban J connectivity index is 1.50. The summed E-state index contributed by atoms with van der Waals surface area (Å²) in [6.45, 7) is 2.62. The quantitative estimate of drug-likeness (QED) is 0.560. The first kappa shape index (κ1) is 19.3. The lowest BCUT2D eigenvalue weighted by atomic mass is 9.63. The summed E-state index contributed by atoms with van der Waals surface area (Å²) < 4.78 is 40.1. The molecule has 3 fully saturated rings. The van der Waals surface area contributed by atoms with Crippen molar-refractivity contribution in [2.75, 3.05) is 11.6 Å². The molecule has 0 N–H and O–H groups in total. The summed E-state index contributed by atoms with van der Waals surface area (Å²) in [6.07, 6.45) is -0.135. The number of hydrogen-bond donors (Lipinski definition) is 0. The molecule has 5 nitrogen and oxygen atoms in total. The van der Waals surface area contributed by atoms with E-state index in [1.807, 2.05) is 12.2 Å². The minimum atomic E-state index is -5.13. The van der Waals surface area contributed by atoms with Gasteiger partial charge in [-0.1, -0.05) is 24.3 Å². The molecule has 0 spiro atoms. The van der Waals surface area contributed by atoms with E-state index in [2.05, 4.69) is 0 Å². The van der Waals surface area contributed by atoms with Crippen LogP contribution in [0.2, 0.25) is 0 Å². The molecule has 5 aliphatic rings. The van der Waals surface area contributed by atoms with Gasteiger partial charge < -0.3 is 0 Å². The van der Waals surface area contributed by atoms with Crippen molar-refractivity contribution in [1.29, 1.82) is 0 Å². The predicted molar refractivity (Wildman–Crippen MR) is 101 cm³/mol. The molecule has 3 amide bonds. The molecule has 0 unspecified atom stereocenters. The number of anilines is 1. The second-order valence-corrected chi connectivity index (χ2v) is 8.85. The fourth-order valence-corrected chi connectivity index (χ4v) is 5.73. The Morgan fingerprint density at radius 3 is 2.17 bits per heavy atom. The average molecular weight is 418 g/mol. The first-order valence-corrected chi connectivity index (χ1v) is 10.1. The number of hydrogen-bond acceptors (Lipinski definition) is 3. The number of carbonyl (C=O) groups is 3. The summed E-state index contributed by atoms with van der Waals surface area (Å²) in [5, 5.41) is 0. The van der Waals surface area contributed by atoms with E-state index in [0.29, 0.717) is 27.9 Å². The highest BCUT2D eigenvalue weighted by Gasteiger charge is 2.67. The van der Waals surface area contributed by atoms with E-state index in [1.54, 1.807) is 26.0 Å². The van der Waals surface area contributed by atoms with Gasteiger partial charge >= 0.3 is 12.1 Å². The molecular formula is C22H21F3N2O3. The number of carbonyl (C=O) groups excluding carboxylic acids is 3. The number of nitrogens with zero attached hydrogens (tertiary/aromatic N) is 2. The third-order valence-corrected chi connectivity index (χ3v) is 7.39. The van der Waals surface area contributed by atoms with Gasteiger partial charge in [0.15, 0.2) is 0 Å². The number of likely N-dealkylation sites (tertiary alicyclic amines) is 1. The Morgan fingerprint density at radius 2 is 1.63 bits per heavy atom. The van der Waals surface area contributed by atoms with Gasteiger partial charge in [-0.2, -0.15) is 13.2 Å². The molecule has 0 aromatic heterocycles. The third kappa shape index (κ3) is 2.58. The van der Waals surface area contributed by atoms with Gasteiger partial charge in [-0.3, -0.25) is 24.2 Å². The highest BCUT2D eigenvalue weighted by atomic mass is 19.4. The Morgan fingerprint density at radius 1 is 1.07 bits per heavy atom. The molecular weight excluding hydrogens is 397 g/mol. The molecule has 1 aromatic rings. The molecule has 1 aromatic carbocycles. The molecule has 1 saturated heterocycles. The van der Waals surface area contributed by atoms with Crippen molar-refractivity contribution in [1.82, 2.24) is 4.90 Å². The molecule has 6 rings (SSSR count). The van der Waals surface area contributed by atoms with E-state index < -0.39 is 42.4 Å². The molecule has 1 aliphatic heterocycles. The Hall–Kier alpha value is -2.64. The lowest BCUT2D eigenvalue weighted by molar-refractivity contribution is -0.171. The fourth-order valence-electron chi connectivity index (χ4n) is 5.73. The van der Waals surface area contributed by atoms with Crippen molar-refractivity contribution in [3.05, 3.63) is 41.5 Å². The summed E-state index contributed by atoms with van der Waals surface area (Å²) in [4.78, 5) is 40.0. The van der Waals surface area contributed by atoms with E-state index in [4.69, 9.17) is 0 Å². The number of benzene rings is 1. The van der Waals surface area contributed by atoms with Gasteiger partial charge in [-0.25, -0.2) is 0 Å². The third-order valence-electron chi connectivity index (χ3n) is 7.39. The van der Waals surface area contributed by atoms with Gasteiger partial charge in [0, 0.05) is 5.69 Å². The van der Waals surface area contributed by atoms with Crippen LogP contribution in [-0.2, 0) is 14.4 Å². The maximum absolute atomic E-state index is 13.4. The highest BCUT2D eigenvalue weighted by Crippen LogP contribution is 2.65.